The zero-order chi connectivity index (χ0) is 22.9. The van der Waals surface area contributed by atoms with Gasteiger partial charge in [0.25, 0.3) is 11.6 Å². The van der Waals surface area contributed by atoms with Gasteiger partial charge in [-0.1, -0.05) is 12.1 Å². The number of benzene rings is 2. The Balaban J connectivity index is 1.39. The van der Waals surface area contributed by atoms with E-state index >= 15 is 0 Å². The first-order chi connectivity index (χ1) is 16.0. The fourth-order valence-corrected chi connectivity index (χ4v) is 3.33. The topological polar surface area (TPSA) is 186 Å². The second-order valence-corrected chi connectivity index (χ2v) is 6.82. The maximum absolute atomic E-state index is 12.6. The van der Waals surface area contributed by atoms with Crippen molar-refractivity contribution in [2.75, 3.05) is 12.5 Å². The third kappa shape index (κ3) is 3.65. The van der Waals surface area contributed by atoms with Gasteiger partial charge in [-0.2, -0.15) is 5.10 Å². The van der Waals surface area contributed by atoms with Crippen LogP contribution in [0.3, 0.4) is 0 Å². The standard InChI is InChI=1S/C19H14N8O6/c20-18-17(24-33-25-18)19-22-11-3-1-2-4-12(11)26(19)8-16(28)23-21-7-10-5-14-15(32-9-31-14)6-13(10)27(29)30/h1-7H,8-9H2,(H2,20,25)(H,23,28)/b21-7-. The van der Waals surface area contributed by atoms with Crippen LogP contribution in [0.5, 0.6) is 11.5 Å². The minimum Gasteiger partial charge on any atom is -0.454 e. The molecule has 14 heteroatoms. The summed E-state index contributed by atoms with van der Waals surface area (Å²) < 4.78 is 16.6. The van der Waals surface area contributed by atoms with Crippen LogP contribution in [-0.4, -0.2) is 43.7 Å². The van der Waals surface area contributed by atoms with Crippen molar-refractivity contribution in [3.05, 3.63) is 52.1 Å². The Kier molecular flexibility index (Phi) is 4.78. The lowest BCUT2D eigenvalue weighted by Gasteiger charge is -2.06. The zero-order valence-electron chi connectivity index (χ0n) is 16.7. The van der Waals surface area contributed by atoms with Crippen LogP contribution in [0.1, 0.15) is 5.56 Å². The lowest BCUT2D eigenvalue weighted by molar-refractivity contribution is -0.385. The monoisotopic (exact) mass is 450 g/mol. The van der Waals surface area contributed by atoms with Gasteiger partial charge in [0, 0.05) is 0 Å². The Labute approximate surface area is 183 Å². The summed E-state index contributed by atoms with van der Waals surface area (Å²) in [5, 5.41) is 22.5. The summed E-state index contributed by atoms with van der Waals surface area (Å²) in [5.74, 6) is 0.417. The number of nitro benzene ring substituents is 1. The van der Waals surface area contributed by atoms with Crippen LogP contribution in [0, 0.1) is 10.1 Å². The third-order valence-electron chi connectivity index (χ3n) is 4.79. The van der Waals surface area contributed by atoms with Crippen LogP contribution >= 0.6 is 0 Å². The average Bonchev–Trinajstić information content (AvgIpc) is 3.51. The Bertz CT molecular complexity index is 1430. The van der Waals surface area contributed by atoms with E-state index in [-0.39, 0.29) is 41.8 Å². The molecular weight excluding hydrogens is 436 g/mol. The van der Waals surface area contributed by atoms with Gasteiger partial charge in [0.1, 0.15) is 6.54 Å². The fourth-order valence-electron chi connectivity index (χ4n) is 3.33. The van der Waals surface area contributed by atoms with Crippen LogP contribution in [0.25, 0.3) is 22.6 Å². The molecule has 1 aliphatic rings. The van der Waals surface area contributed by atoms with E-state index in [2.05, 4.69) is 30.5 Å². The number of hydrogen-bond acceptors (Lipinski definition) is 11. The Morgan fingerprint density at radius 2 is 2.06 bits per heavy atom. The molecule has 0 saturated carbocycles. The number of hydrogen-bond donors (Lipinski definition) is 2. The molecule has 4 aromatic rings. The molecule has 0 unspecified atom stereocenters. The van der Waals surface area contributed by atoms with E-state index in [9.17, 15) is 14.9 Å². The molecule has 5 rings (SSSR count). The molecule has 14 nitrogen and oxygen atoms in total. The Morgan fingerprint density at radius 3 is 2.82 bits per heavy atom. The van der Waals surface area contributed by atoms with Gasteiger partial charge in [0.15, 0.2) is 28.8 Å². The summed E-state index contributed by atoms with van der Waals surface area (Å²) >= 11 is 0. The van der Waals surface area contributed by atoms with Crippen LogP contribution < -0.4 is 20.6 Å². The van der Waals surface area contributed by atoms with Gasteiger partial charge >= 0.3 is 0 Å². The summed E-state index contributed by atoms with van der Waals surface area (Å²) in [6, 6.07) is 9.81. The molecule has 0 radical (unpaired) electrons. The number of nitrogens with two attached hydrogens (primary N) is 1. The number of carbonyl (C=O) groups excluding carboxylic acids is 1. The van der Waals surface area contributed by atoms with Crippen molar-refractivity contribution in [2.45, 2.75) is 6.54 Å². The Hall–Kier alpha value is -5.01. The van der Waals surface area contributed by atoms with E-state index in [1.54, 1.807) is 28.8 Å². The number of nitro groups is 1. The van der Waals surface area contributed by atoms with Crippen LogP contribution in [0.4, 0.5) is 11.5 Å². The maximum Gasteiger partial charge on any atom is 0.282 e. The Morgan fingerprint density at radius 1 is 1.27 bits per heavy atom. The van der Waals surface area contributed by atoms with Gasteiger partial charge in [-0.3, -0.25) is 14.9 Å². The average molecular weight is 450 g/mol. The number of imidazole rings is 1. The van der Waals surface area contributed by atoms with Crippen molar-refractivity contribution in [3.63, 3.8) is 0 Å². The first-order valence-electron chi connectivity index (χ1n) is 9.45. The number of ether oxygens (including phenoxy) is 2. The lowest BCUT2D eigenvalue weighted by atomic mass is 10.1. The van der Waals surface area contributed by atoms with E-state index in [0.29, 0.717) is 22.6 Å². The SMILES string of the molecule is Nc1nonc1-c1nc2ccccc2n1CC(=O)N/N=C\c1cc2c(cc1[N+](=O)[O-])OCO2. The molecule has 1 amide bonds. The zero-order valence-corrected chi connectivity index (χ0v) is 16.7. The van der Waals surface area contributed by atoms with E-state index in [1.165, 1.54) is 12.1 Å². The quantitative estimate of drug-likeness (QED) is 0.247. The highest BCUT2D eigenvalue weighted by Gasteiger charge is 2.23. The van der Waals surface area contributed by atoms with Crippen LogP contribution in [0.2, 0.25) is 0 Å². The largest absolute Gasteiger partial charge is 0.454 e. The van der Waals surface area contributed by atoms with Gasteiger partial charge in [-0.05, 0) is 28.5 Å². The highest BCUT2D eigenvalue weighted by Crippen LogP contribution is 2.37. The van der Waals surface area contributed by atoms with Gasteiger partial charge in [0.05, 0.1) is 33.8 Å². The molecule has 0 bridgehead atoms. The number of carbonyl (C=O) groups is 1. The number of amides is 1. The minimum absolute atomic E-state index is 0.0279. The molecule has 0 saturated heterocycles. The van der Waals surface area contributed by atoms with Crippen molar-refractivity contribution in [1.82, 2.24) is 25.3 Å². The molecule has 2 aromatic heterocycles. The van der Waals surface area contributed by atoms with Crippen LogP contribution in [-0.2, 0) is 11.3 Å². The number of anilines is 1. The van der Waals surface area contributed by atoms with Crippen molar-refractivity contribution in [1.29, 1.82) is 0 Å². The summed E-state index contributed by atoms with van der Waals surface area (Å²) in [6.07, 6.45) is 1.16. The van der Waals surface area contributed by atoms with E-state index in [4.69, 9.17) is 15.2 Å². The molecule has 0 aliphatic carbocycles. The van der Waals surface area contributed by atoms with Crippen molar-refractivity contribution in [3.8, 4) is 23.0 Å². The number of nitrogens with one attached hydrogen (secondary N) is 1. The summed E-state index contributed by atoms with van der Waals surface area (Å²) in [5.41, 5.74) is 9.51. The van der Waals surface area contributed by atoms with E-state index < -0.39 is 10.8 Å². The molecule has 2 aromatic carbocycles. The summed E-state index contributed by atoms with van der Waals surface area (Å²) in [7, 11) is 0. The number of nitrogen functional groups attached to an aromatic ring is 1. The molecule has 3 heterocycles. The number of para-hydroxylation sites is 2. The smallest absolute Gasteiger partial charge is 0.282 e. The first kappa shape index (κ1) is 19.9. The highest BCUT2D eigenvalue weighted by molar-refractivity contribution is 5.89. The number of aromatic nitrogens is 4. The van der Waals surface area contributed by atoms with E-state index in [1.807, 2.05) is 0 Å². The maximum atomic E-state index is 12.6. The predicted octanol–water partition coefficient (Wildman–Crippen LogP) is 1.46. The molecule has 1 aliphatic heterocycles. The lowest BCUT2D eigenvalue weighted by Crippen LogP contribution is -2.23. The normalized spacial score (nSPS) is 12.5. The molecule has 166 valence electrons. The number of nitrogens with zero attached hydrogens (tertiary/aromatic N) is 6. The minimum atomic E-state index is -0.578. The molecule has 3 N–H and O–H groups in total. The molecule has 0 fully saturated rings. The first-order valence-corrected chi connectivity index (χ1v) is 9.45. The van der Waals surface area contributed by atoms with Gasteiger partial charge in [-0.25, -0.2) is 15.0 Å². The number of rotatable bonds is 6. The predicted molar refractivity (Wildman–Crippen MR) is 112 cm³/mol. The number of fused-ring (bicyclic) bond motifs is 2. The molecule has 33 heavy (non-hydrogen) atoms. The van der Waals surface area contributed by atoms with E-state index in [0.717, 1.165) is 6.21 Å². The van der Waals surface area contributed by atoms with Gasteiger partial charge < -0.3 is 19.8 Å². The third-order valence-corrected chi connectivity index (χ3v) is 4.79. The highest BCUT2D eigenvalue weighted by atomic mass is 16.7. The number of hydrazone groups is 1. The molecule has 0 spiro atoms. The van der Waals surface area contributed by atoms with Gasteiger partial charge in [0.2, 0.25) is 6.79 Å². The second-order valence-electron chi connectivity index (χ2n) is 6.82. The summed E-state index contributed by atoms with van der Waals surface area (Å²) in [4.78, 5) is 27.9. The van der Waals surface area contributed by atoms with Crippen molar-refractivity contribution < 1.29 is 23.8 Å². The van der Waals surface area contributed by atoms with Crippen molar-refractivity contribution in [2.24, 2.45) is 5.10 Å². The fraction of sp³-hybridized carbons (Fsp3) is 0.105. The molecule has 0 atom stereocenters. The second kappa shape index (κ2) is 7.92. The molecular formula is C19H14N8O6. The van der Waals surface area contributed by atoms with Crippen LogP contribution in [0.15, 0.2) is 46.1 Å². The van der Waals surface area contributed by atoms with Gasteiger partial charge in [-0.15, -0.1) is 0 Å². The van der Waals surface area contributed by atoms with Crippen molar-refractivity contribution >= 4 is 34.7 Å². The summed E-state index contributed by atoms with van der Waals surface area (Å²) in [6.45, 7) is -0.223.